The number of carbonyl (C=O) groups excluding carboxylic acids is 1. The molecule has 0 aliphatic carbocycles. The third kappa shape index (κ3) is 4.67. The standard InChI is InChI=1S/C26H32N6O3/c1-26(2,3)35-25(34)32-18-6-7-19(32)13-20(12-18)31(4)24-10-9-22(29-30-24)21-8-5-16(11-23(21)33)17-14-27-28-15-17/h5,8-11,14-15,18-20,33H,6-7,12-13H2,1-4H3,(H,27,28)/t18-,19+,20-. The van der Waals surface area contributed by atoms with E-state index in [9.17, 15) is 9.90 Å². The van der Waals surface area contributed by atoms with Gasteiger partial charge in [-0.2, -0.15) is 5.10 Å². The predicted octanol–water partition coefficient (Wildman–Crippen LogP) is 4.61. The summed E-state index contributed by atoms with van der Waals surface area (Å²) < 4.78 is 5.66. The van der Waals surface area contributed by atoms with Gasteiger partial charge in [-0.25, -0.2) is 4.79 Å². The van der Waals surface area contributed by atoms with Gasteiger partial charge in [-0.3, -0.25) is 5.10 Å². The lowest BCUT2D eigenvalue weighted by Crippen LogP contribution is -2.53. The number of rotatable bonds is 4. The first-order valence-electron chi connectivity index (χ1n) is 12.1. The lowest BCUT2D eigenvalue weighted by atomic mass is 9.96. The van der Waals surface area contributed by atoms with Gasteiger partial charge in [0.25, 0.3) is 0 Å². The number of anilines is 1. The summed E-state index contributed by atoms with van der Waals surface area (Å²) in [6, 6.07) is 9.95. The fraction of sp³-hybridized carbons (Fsp3) is 0.462. The molecule has 9 nitrogen and oxygen atoms in total. The van der Waals surface area contributed by atoms with Gasteiger partial charge >= 0.3 is 6.09 Å². The van der Waals surface area contributed by atoms with Crippen molar-refractivity contribution in [3.8, 4) is 28.1 Å². The number of nitrogens with zero attached hydrogens (tertiary/aromatic N) is 5. The van der Waals surface area contributed by atoms with Gasteiger partial charge in [0.05, 0.1) is 11.9 Å². The number of aromatic hydroxyl groups is 1. The van der Waals surface area contributed by atoms with Crippen LogP contribution in [0.25, 0.3) is 22.4 Å². The molecule has 2 aromatic heterocycles. The van der Waals surface area contributed by atoms with Crippen LogP contribution >= 0.6 is 0 Å². The number of phenols is 1. The van der Waals surface area contributed by atoms with Gasteiger partial charge in [-0.15, -0.1) is 10.2 Å². The van der Waals surface area contributed by atoms with Crippen LogP contribution in [0.5, 0.6) is 5.75 Å². The smallest absolute Gasteiger partial charge is 0.410 e. The zero-order valence-electron chi connectivity index (χ0n) is 20.6. The van der Waals surface area contributed by atoms with Gasteiger partial charge < -0.3 is 19.6 Å². The Bertz CT molecular complexity index is 1170. The third-order valence-electron chi connectivity index (χ3n) is 6.98. The normalized spacial score (nSPS) is 21.7. The molecule has 4 heterocycles. The van der Waals surface area contributed by atoms with Crippen molar-refractivity contribution in [3.05, 3.63) is 42.7 Å². The van der Waals surface area contributed by atoms with Crippen LogP contribution in [0.2, 0.25) is 0 Å². The molecular weight excluding hydrogens is 444 g/mol. The van der Waals surface area contributed by atoms with Crippen LogP contribution in [0.3, 0.4) is 0 Å². The van der Waals surface area contributed by atoms with E-state index in [-0.39, 0.29) is 30.0 Å². The molecule has 1 amide bonds. The molecule has 1 aromatic carbocycles. The van der Waals surface area contributed by atoms with Crippen LogP contribution in [0.1, 0.15) is 46.5 Å². The van der Waals surface area contributed by atoms with Crippen LogP contribution in [-0.2, 0) is 4.74 Å². The Morgan fingerprint density at radius 2 is 1.86 bits per heavy atom. The summed E-state index contributed by atoms with van der Waals surface area (Å²) in [6.45, 7) is 5.72. The molecule has 0 radical (unpaired) electrons. The van der Waals surface area contributed by atoms with Crippen LogP contribution < -0.4 is 4.90 Å². The van der Waals surface area contributed by atoms with Crippen LogP contribution in [-0.4, -0.2) is 67.3 Å². The maximum Gasteiger partial charge on any atom is 0.410 e. The second-order valence-corrected chi connectivity index (χ2v) is 10.5. The highest BCUT2D eigenvalue weighted by Gasteiger charge is 2.45. The zero-order valence-corrected chi connectivity index (χ0v) is 20.6. The van der Waals surface area contributed by atoms with E-state index in [4.69, 9.17) is 4.74 Å². The van der Waals surface area contributed by atoms with Crippen molar-refractivity contribution in [1.82, 2.24) is 25.3 Å². The molecule has 2 bridgehead atoms. The summed E-state index contributed by atoms with van der Waals surface area (Å²) in [5.74, 6) is 0.920. The Balaban J connectivity index is 1.27. The first kappa shape index (κ1) is 23.1. The fourth-order valence-corrected chi connectivity index (χ4v) is 5.26. The van der Waals surface area contributed by atoms with Crippen molar-refractivity contribution < 1.29 is 14.6 Å². The van der Waals surface area contributed by atoms with E-state index < -0.39 is 5.60 Å². The van der Waals surface area contributed by atoms with Crippen molar-refractivity contribution in [2.24, 2.45) is 0 Å². The average Bonchev–Trinajstić information content (AvgIpc) is 3.44. The van der Waals surface area contributed by atoms with Crippen LogP contribution in [0.4, 0.5) is 10.6 Å². The molecule has 0 unspecified atom stereocenters. The number of nitrogens with one attached hydrogen (secondary N) is 1. The Labute approximate surface area is 205 Å². The molecule has 0 saturated carbocycles. The highest BCUT2D eigenvalue weighted by atomic mass is 16.6. The first-order valence-corrected chi connectivity index (χ1v) is 12.1. The Morgan fingerprint density at radius 1 is 1.11 bits per heavy atom. The van der Waals surface area contributed by atoms with Crippen molar-refractivity contribution in [2.45, 2.75) is 70.2 Å². The number of hydrogen-bond acceptors (Lipinski definition) is 7. The Hall–Kier alpha value is -3.62. The number of hydrogen-bond donors (Lipinski definition) is 2. The third-order valence-corrected chi connectivity index (χ3v) is 6.98. The summed E-state index contributed by atoms with van der Waals surface area (Å²) >= 11 is 0. The van der Waals surface area contributed by atoms with E-state index in [0.29, 0.717) is 11.3 Å². The van der Waals surface area contributed by atoms with Gasteiger partial charge in [-0.05, 0) is 76.3 Å². The Kier molecular flexibility index (Phi) is 5.86. The molecule has 9 heteroatoms. The van der Waals surface area contributed by atoms with Crippen molar-refractivity contribution in [2.75, 3.05) is 11.9 Å². The number of ether oxygens (including phenoxy) is 1. The van der Waals surface area contributed by atoms with Gasteiger partial charge in [0.1, 0.15) is 11.4 Å². The summed E-state index contributed by atoms with van der Waals surface area (Å²) in [4.78, 5) is 16.9. The lowest BCUT2D eigenvalue weighted by Gasteiger charge is -2.42. The van der Waals surface area contributed by atoms with Crippen LogP contribution in [0, 0.1) is 0 Å². The Morgan fingerprint density at radius 3 is 2.43 bits per heavy atom. The number of H-pyrrole nitrogens is 1. The summed E-state index contributed by atoms with van der Waals surface area (Å²) in [6.07, 6.45) is 7.07. The van der Waals surface area contributed by atoms with E-state index in [1.165, 1.54) is 0 Å². The number of amides is 1. The molecule has 3 aromatic rings. The highest BCUT2D eigenvalue weighted by molar-refractivity contribution is 5.74. The molecule has 2 aliphatic heterocycles. The molecule has 2 N–H and O–H groups in total. The fourth-order valence-electron chi connectivity index (χ4n) is 5.26. The molecule has 2 fully saturated rings. The maximum absolute atomic E-state index is 12.8. The molecule has 5 rings (SSSR count). The topological polar surface area (TPSA) is 107 Å². The predicted molar refractivity (Wildman–Crippen MR) is 133 cm³/mol. The lowest BCUT2D eigenvalue weighted by molar-refractivity contribution is 0.00597. The molecule has 2 aliphatic rings. The van der Waals surface area contributed by atoms with Gasteiger partial charge in [-0.1, -0.05) is 6.07 Å². The number of aromatic nitrogens is 4. The number of piperidine rings is 1. The monoisotopic (exact) mass is 476 g/mol. The van der Waals surface area contributed by atoms with Crippen molar-refractivity contribution in [3.63, 3.8) is 0 Å². The minimum Gasteiger partial charge on any atom is -0.507 e. The number of benzene rings is 1. The summed E-state index contributed by atoms with van der Waals surface area (Å²) in [7, 11) is 2.04. The number of phenolic OH excluding ortho intramolecular Hbond substituents is 1. The zero-order chi connectivity index (χ0) is 24.7. The number of aromatic amines is 1. The maximum atomic E-state index is 12.8. The van der Waals surface area contributed by atoms with E-state index in [1.54, 1.807) is 18.5 Å². The minimum absolute atomic E-state index is 0.144. The quantitative estimate of drug-likeness (QED) is 0.566. The molecular formula is C26H32N6O3. The largest absolute Gasteiger partial charge is 0.507 e. The van der Waals surface area contributed by atoms with Gasteiger partial charge in [0.15, 0.2) is 5.82 Å². The minimum atomic E-state index is -0.491. The molecule has 35 heavy (non-hydrogen) atoms. The second-order valence-electron chi connectivity index (χ2n) is 10.5. The number of fused-ring (bicyclic) bond motifs is 2. The van der Waals surface area contributed by atoms with E-state index in [0.717, 1.165) is 42.6 Å². The summed E-state index contributed by atoms with van der Waals surface area (Å²) in [5, 5.41) is 26.2. The molecule has 2 saturated heterocycles. The number of carbonyl (C=O) groups is 1. The van der Waals surface area contributed by atoms with Crippen molar-refractivity contribution in [1.29, 1.82) is 0 Å². The first-order chi connectivity index (χ1) is 16.7. The average molecular weight is 477 g/mol. The van der Waals surface area contributed by atoms with Crippen LogP contribution in [0.15, 0.2) is 42.7 Å². The van der Waals surface area contributed by atoms with Gasteiger partial charge in [0, 0.05) is 42.5 Å². The highest BCUT2D eigenvalue weighted by Crippen LogP contribution is 2.39. The second kappa shape index (κ2) is 8.87. The summed E-state index contributed by atoms with van der Waals surface area (Å²) in [5.41, 5.74) is 2.52. The van der Waals surface area contributed by atoms with E-state index in [1.807, 2.05) is 57.0 Å². The SMILES string of the molecule is CN(c1ccc(-c2ccc(-c3cn[nH]c3)cc2O)nn1)[C@@H]1C[C@H]2CC[C@@H](C1)N2C(=O)OC(C)(C)C. The molecule has 184 valence electrons. The molecule has 3 atom stereocenters. The molecule has 0 spiro atoms. The van der Waals surface area contributed by atoms with Crippen molar-refractivity contribution >= 4 is 11.9 Å². The van der Waals surface area contributed by atoms with E-state index >= 15 is 0 Å². The van der Waals surface area contributed by atoms with Gasteiger partial charge in [0.2, 0.25) is 0 Å². The van der Waals surface area contributed by atoms with E-state index in [2.05, 4.69) is 25.3 Å².